The Hall–Kier alpha value is -1.90. The molecule has 0 radical (unpaired) electrons. The summed E-state index contributed by atoms with van der Waals surface area (Å²) in [4.78, 5) is 21.5. The van der Waals surface area contributed by atoms with E-state index in [0.717, 1.165) is 44.9 Å². The zero-order chi connectivity index (χ0) is 17.2. The summed E-state index contributed by atoms with van der Waals surface area (Å²) >= 11 is 0. The molecular weight excluding hydrogens is 288 g/mol. The van der Waals surface area contributed by atoms with Crippen molar-refractivity contribution < 1.29 is 14.7 Å². The number of rotatable bonds is 14. The highest BCUT2D eigenvalue weighted by Gasteiger charge is 2.06. The van der Waals surface area contributed by atoms with Gasteiger partial charge in [-0.1, -0.05) is 55.5 Å². The molecule has 0 saturated heterocycles. The topological polar surface area (TPSA) is 54.4 Å². The fraction of sp³-hybridized carbons (Fsp3) is 0.500. The summed E-state index contributed by atoms with van der Waals surface area (Å²) < 4.78 is 0. The van der Waals surface area contributed by atoms with E-state index in [1.807, 2.05) is 0 Å². The van der Waals surface area contributed by atoms with Crippen LogP contribution in [0.15, 0.2) is 48.6 Å². The number of ketones is 1. The number of hydrogen-bond acceptors (Lipinski definition) is 2. The first-order chi connectivity index (χ1) is 11.2. The van der Waals surface area contributed by atoms with Crippen LogP contribution in [0.3, 0.4) is 0 Å². The Morgan fingerprint density at radius 3 is 1.83 bits per heavy atom. The quantitative estimate of drug-likeness (QED) is 0.265. The molecule has 0 aliphatic heterocycles. The van der Waals surface area contributed by atoms with Gasteiger partial charge < -0.3 is 5.11 Å². The van der Waals surface area contributed by atoms with Gasteiger partial charge in [-0.2, -0.15) is 0 Å². The Morgan fingerprint density at radius 1 is 0.783 bits per heavy atom. The van der Waals surface area contributed by atoms with Gasteiger partial charge in [0, 0.05) is 6.42 Å². The molecular formula is C20H30O3. The average Bonchev–Trinajstić information content (AvgIpc) is 2.50. The van der Waals surface area contributed by atoms with E-state index in [9.17, 15) is 9.59 Å². The van der Waals surface area contributed by atoms with E-state index in [1.165, 1.54) is 0 Å². The molecule has 0 fully saturated rings. The van der Waals surface area contributed by atoms with Gasteiger partial charge >= 0.3 is 5.97 Å². The molecule has 0 atom stereocenters. The van der Waals surface area contributed by atoms with Crippen LogP contribution in [0.5, 0.6) is 0 Å². The van der Waals surface area contributed by atoms with Gasteiger partial charge in [0.2, 0.25) is 0 Å². The van der Waals surface area contributed by atoms with E-state index in [2.05, 4.69) is 55.5 Å². The number of aliphatic carboxylic acids is 1. The molecule has 3 heteroatoms. The minimum absolute atomic E-state index is 0.178. The molecule has 0 saturated carbocycles. The van der Waals surface area contributed by atoms with E-state index in [4.69, 9.17) is 5.11 Å². The van der Waals surface area contributed by atoms with Crippen LogP contribution in [0.1, 0.15) is 64.7 Å². The molecule has 0 rings (SSSR count). The van der Waals surface area contributed by atoms with Crippen molar-refractivity contribution >= 4 is 11.8 Å². The molecule has 0 aliphatic carbocycles. The summed E-state index contributed by atoms with van der Waals surface area (Å²) in [7, 11) is 0. The molecule has 0 spiro atoms. The third-order valence-electron chi connectivity index (χ3n) is 3.14. The van der Waals surface area contributed by atoms with Gasteiger partial charge in [-0.05, 0) is 44.9 Å². The monoisotopic (exact) mass is 318 g/mol. The highest BCUT2D eigenvalue weighted by molar-refractivity contribution is 5.94. The van der Waals surface area contributed by atoms with Crippen molar-refractivity contribution in [1.82, 2.24) is 0 Å². The first-order valence-electron chi connectivity index (χ1n) is 8.50. The van der Waals surface area contributed by atoms with Gasteiger partial charge in [-0.15, -0.1) is 0 Å². The molecule has 0 aromatic carbocycles. The first kappa shape index (κ1) is 21.1. The molecule has 0 aliphatic rings. The number of carbonyl (C=O) groups is 2. The predicted molar refractivity (Wildman–Crippen MR) is 96.4 cm³/mol. The van der Waals surface area contributed by atoms with Gasteiger partial charge in [0.25, 0.3) is 0 Å². The first-order valence-corrected chi connectivity index (χ1v) is 8.50. The summed E-state index contributed by atoms with van der Waals surface area (Å²) in [5.74, 6) is -1.21. The zero-order valence-corrected chi connectivity index (χ0v) is 14.2. The lowest BCUT2D eigenvalue weighted by Gasteiger charge is -1.96. The molecule has 128 valence electrons. The van der Waals surface area contributed by atoms with Crippen molar-refractivity contribution in [2.45, 2.75) is 64.7 Å². The number of carbonyl (C=O) groups excluding carboxylic acids is 1. The average molecular weight is 318 g/mol. The zero-order valence-electron chi connectivity index (χ0n) is 14.2. The number of unbranched alkanes of at least 4 members (excludes halogenated alkanes) is 2. The van der Waals surface area contributed by atoms with Crippen LogP contribution < -0.4 is 0 Å². The lowest BCUT2D eigenvalue weighted by molar-refractivity contribution is -0.140. The van der Waals surface area contributed by atoms with Gasteiger partial charge in [0.1, 0.15) is 12.2 Å². The number of hydrogen-bond donors (Lipinski definition) is 1. The molecule has 1 N–H and O–H groups in total. The number of carboxylic acids is 1. The van der Waals surface area contributed by atoms with Crippen molar-refractivity contribution in [2.24, 2.45) is 0 Å². The lowest BCUT2D eigenvalue weighted by Crippen LogP contribution is -2.05. The number of Topliss-reactive ketones (excluding diaryl/α,β-unsaturated/α-hetero) is 1. The van der Waals surface area contributed by atoms with Crippen LogP contribution >= 0.6 is 0 Å². The fourth-order valence-corrected chi connectivity index (χ4v) is 1.94. The van der Waals surface area contributed by atoms with Crippen LogP contribution in [-0.4, -0.2) is 16.9 Å². The van der Waals surface area contributed by atoms with E-state index >= 15 is 0 Å². The van der Waals surface area contributed by atoms with Crippen molar-refractivity contribution in [3.05, 3.63) is 48.6 Å². The summed E-state index contributed by atoms with van der Waals surface area (Å²) in [5, 5.41) is 8.46. The number of carboxylic acid groups (broad SMARTS) is 1. The molecule has 0 aromatic rings. The second kappa shape index (κ2) is 16.5. The van der Waals surface area contributed by atoms with Gasteiger partial charge in [0.05, 0.1) is 0 Å². The molecule has 0 unspecified atom stereocenters. The summed E-state index contributed by atoms with van der Waals surface area (Å²) in [6.45, 7) is 2.13. The molecule has 3 nitrogen and oxygen atoms in total. The normalized spacial score (nSPS) is 12.2. The highest BCUT2D eigenvalue weighted by Crippen LogP contribution is 2.04. The van der Waals surface area contributed by atoms with Crippen molar-refractivity contribution in [2.75, 3.05) is 0 Å². The number of allylic oxidation sites excluding steroid dienone is 8. The van der Waals surface area contributed by atoms with Crippen LogP contribution in [0, 0.1) is 0 Å². The van der Waals surface area contributed by atoms with Gasteiger partial charge in [-0.25, -0.2) is 0 Å². The van der Waals surface area contributed by atoms with E-state index < -0.39 is 5.97 Å². The third-order valence-corrected chi connectivity index (χ3v) is 3.14. The lowest BCUT2D eigenvalue weighted by atomic mass is 10.1. The molecule has 0 amide bonds. The Labute approximate surface area is 140 Å². The molecule has 0 aromatic heterocycles. The fourth-order valence-electron chi connectivity index (χ4n) is 1.94. The maximum absolute atomic E-state index is 11.2. The molecule has 0 bridgehead atoms. The second-order valence-corrected chi connectivity index (χ2v) is 5.36. The Bertz CT molecular complexity index is 428. The molecule has 0 heterocycles. The summed E-state index contributed by atoms with van der Waals surface area (Å²) in [6.07, 6.45) is 24.0. The van der Waals surface area contributed by atoms with Gasteiger partial charge in [-0.3, -0.25) is 9.59 Å². The Kier molecular flexibility index (Phi) is 15.1. The smallest absolute Gasteiger partial charge is 0.310 e. The predicted octanol–water partition coefficient (Wildman–Crippen LogP) is 5.40. The van der Waals surface area contributed by atoms with Crippen molar-refractivity contribution in [3.63, 3.8) is 0 Å². The second-order valence-electron chi connectivity index (χ2n) is 5.36. The van der Waals surface area contributed by atoms with Crippen LogP contribution in [0.25, 0.3) is 0 Å². The largest absolute Gasteiger partial charge is 0.481 e. The van der Waals surface area contributed by atoms with E-state index in [0.29, 0.717) is 6.42 Å². The van der Waals surface area contributed by atoms with Gasteiger partial charge in [0.15, 0.2) is 0 Å². The SMILES string of the molecule is CC/C=C\C/C=C\C/C=C\C/C=C\CCCCC(=O)CC(=O)O. The minimum Gasteiger partial charge on any atom is -0.481 e. The Balaban J connectivity index is 3.46. The maximum atomic E-state index is 11.2. The maximum Gasteiger partial charge on any atom is 0.310 e. The van der Waals surface area contributed by atoms with E-state index in [1.54, 1.807) is 0 Å². The van der Waals surface area contributed by atoms with Crippen LogP contribution in [-0.2, 0) is 9.59 Å². The highest BCUT2D eigenvalue weighted by atomic mass is 16.4. The minimum atomic E-state index is -1.03. The standard InChI is InChI=1S/C20H30O3/c1-2-3-4-5-6-7-8-9-10-11-12-13-14-15-16-17-19(21)18-20(22)23/h3-4,6-7,9-10,12-13H,2,5,8,11,14-18H2,1H3,(H,22,23)/b4-3-,7-6-,10-9-,13-12-. The van der Waals surface area contributed by atoms with Crippen molar-refractivity contribution in [3.8, 4) is 0 Å². The summed E-state index contributed by atoms with van der Waals surface area (Å²) in [6, 6.07) is 0. The van der Waals surface area contributed by atoms with E-state index in [-0.39, 0.29) is 12.2 Å². The Morgan fingerprint density at radius 2 is 1.30 bits per heavy atom. The van der Waals surface area contributed by atoms with Crippen LogP contribution in [0.4, 0.5) is 0 Å². The van der Waals surface area contributed by atoms with Crippen LogP contribution in [0.2, 0.25) is 0 Å². The van der Waals surface area contributed by atoms with Crippen molar-refractivity contribution in [1.29, 1.82) is 0 Å². The third kappa shape index (κ3) is 18.1. The summed E-state index contributed by atoms with van der Waals surface area (Å²) in [5.41, 5.74) is 0. The molecule has 23 heavy (non-hydrogen) atoms.